The average molecular weight is 399 g/mol. The molecule has 0 radical (unpaired) electrons. The van der Waals surface area contributed by atoms with E-state index in [9.17, 15) is 14.0 Å². The number of aromatic amines is 1. The van der Waals surface area contributed by atoms with Gasteiger partial charge in [0.25, 0.3) is 5.91 Å². The van der Waals surface area contributed by atoms with Crippen molar-refractivity contribution in [3.63, 3.8) is 0 Å². The summed E-state index contributed by atoms with van der Waals surface area (Å²) in [5.41, 5.74) is 0.567. The molecule has 2 aliphatic carbocycles. The number of nitrogens with one attached hydrogen (secondary N) is 2. The highest BCUT2D eigenvalue weighted by molar-refractivity contribution is 5.78. The summed E-state index contributed by atoms with van der Waals surface area (Å²) in [7, 11) is 0. The number of halogens is 1. The molecule has 4 rings (SSSR count). The molecule has 2 atom stereocenters. The number of amides is 1. The Morgan fingerprint density at radius 2 is 1.90 bits per heavy atom. The van der Waals surface area contributed by atoms with Gasteiger partial charge < -0.3 is 15.0 Å². The maximum atomic E-state index is 13.2. The molecule has 1 heterocycles. The van der Waals surface area contributed by atoms with Gasteiger partial charge in [-0.15, -0.1) is 0 Å². The Kier molecular flexibility index (Phi) is 5.92. The summed E-state index contributed by atoms with van der Waals surface area (Å²) in [6.45, 7) is 0.451. The normalized spacial score (nSPS) is 23.4. The lowest BCUT2D eigenvalue weighted by Crippen LogP contribution is -2.37. The van der Waals surface area contributed by atoms with Crippen molar-refractivity contribution >= 4 is 5.91 Å². The fraction of sp³-hybridized carbons (Fsp3) is 0.500. The SMILES string of the molecule is O=C(COc1nc(=O)[nH]cc1-c1ccc(F)cc1)NCC1CC2CCCC(C2)C1. The molecule has 6 nitrogen and oxygen atoms in total. The minimum absolute atomic E-state index is 0.0581. The van der Waals surface area contributed by atoms with Crippen LogP contribution in [0.4, 0.5) is 4.39 Å². The molecule has 1 aromatic heterocycles. The summed E-state index contributed by atoms with van der Waals surface area (Å²) in [6, 6.07) is 5.77. The minimum Gasteiger partial charge on any atom is -0.467 e. The molecule has 2 aliphatic rings. The maximum Gasteiger partial charge on any atom is 0.348 e. The van der Waals surface area contributed by atoms with Crippen molar-refractivity contribution in [1.82, 2.24) is 15.3 Å². The van der Waals surface area contributed by atoms with Crippen molar-refractivity contribution in [1.29, 1.82) is 0 Å². The Morgan fingerprint density at radius 3 is 2.62 bits per heavy atom. The summed E-state index contributed by atoms with van der Waals surface area (Å²) in [5, 5.41) is 2.97. The molecule has 29 heavy (non-hydrogen) atoms. The average Bonchev–Trinajstić information content (AvgIpc) is 2.71. The standard InChI is InChI=1S/C22H26FN3O3/c23-18-6-4-17(5-7-18)19-12-25-22(28)26-21(19)29-13-20(27)24-11-16-9-14-2-1-3-15(8-14)10-16/h4-7,12,14-16H,1-3,8-11,13H2,(H,24,27)(H,25,26,28). The smallest absolute Gasteiger partial charge is 0.348 e. The third-order valence-corrected chi connectivity index (χ3v) is 6.08. The summed E-state index contributed by atoms with van der Waals surface area (Å²) in [6.07, 6.45) is 9.20. The Balaban J connectivity index is 1.34. The lowest BCUT2D eigenvalue weighted by atomic mass is 9.68. The first kappa shape index (κ1) is 19.6. The van der Waals surface area contributed by atoms with Gasteiger partial charge in [0.15, 0.2) is 6.61 Å². The molecule has 1 amide bonds. The first-order valence-corrected chi connectivity index (χ1v) is 10.3. The third-order valence-electron chi connectivity index (χ3n) is 6.08. The van der Waals surface area contributed by atoms with Crippen LogP contribution in [0.1, 0.15) is 38.5 Å². The van der Waals surface area contributed by atoms with Gasteiger partial charge in [0, 0.05) is 12.7 Å². The number of hydrogen-bond donors (Lipinski definition) is 2. The van der Waals surface area contributed by atoms with Crippen LogP contribution in [0.2, 0.25) is 0 Å². The molecule has 2 bridgehead atoms. The number of benzene rings is 1. The third kappa shape index (κ3) is 5.02. The topological polar surface area (TPSA) is 84.1 Å². The lowest BCUT2D eigenvalue weighted by molar-refractivity contribution is -0.123. The molecule has 0 aliphatic heterocycles. The highest BCUT2D eigenvalue weighted by Gasteiger charge is 2.31. The quantitative estimate of drug-likeness (QED) is 0.781. The first-order chi connectivity index (χ1) is 14.1. The lowest BCUT2D eigenvalue weighted by Gasteiger charge is -2.39. The Labute approximate surface area is 168 Å². The molecule has 2 N–H and O–H groups in total. The van der Waals surface area contributed by atoms with E-state index < -0.39 is 5.69 Å². The molecular formula is C22H26FN3O3. The van der Waals surface area contributed by atoms with Crippen LogP contribution < -0.4 is 15.7 Å². The maximum absolute atomic E-state index is 13.2. The van der Waals surface area contributed by atoms with Crippen LogP contribution in [0.25, 0.3) is 11.1 Å². The highest BCUT2D eigenvalue weighted by atomic mass is 19.1. The second kappa shape index (κ2) is 8.76. The van der Waals surface area contributed by atoms with E-state index in [1.807, 2.05) is 0 Å². The van der Waals surface area contributed by atoms with Gasteiger partial charge >= 0.3 is 5.69 Å². The van der Waals surface area contributed by atoms with Gasteiger partial charge in [0.2, 0.25) is 5.88 Å². The number of H-pyrrole nitrogens is 1. The fourth-order valence-corrected chi connectivity index (χ4v) is 4.81. The number of carbonyl (C=O) groups excluding carboxylic acids is 1. The summed E-state index contributed by atoms with van der Waals surface area (Å²) < 4.78 is 18.7. The van der Waals surface area contributed by atoms with Crippen molar-refractivity contribution < 1.29 is 13.9 Å². The van der Waals surface area contributed by atoms with Crippen molar-refractivity contribution in [3.05, 3.63) is 46.8 Å². The number of rotatable bonds is 6. The summed E-state index contributed by atoms with van der Waals surface area (Å²) in [4.78, 5) is 30.2. The van der Waals surface area contributed by atoms with E-state index in [-0.39, 0.29) is 24.2 Å². The van der Waals surface area contributed by atoms with E-state index in [2.05, 4.69) is 15.3 Å². The first-order valence-electron chi connectivity index (χ1n) is 10.3. The zero-order valence-corrected chi connectivity index (χ0v) is 16.3. The van der Waals surface area contributed by atoms with Crippen LogP contribution in [0.15, 0.2) is 35.3 Å². The van der Waals surface area contributed by atoms with Crippen molar-refractivity contribution in [2.75, 3.05) is 13.2 Å². The number of carbonyl (C=O) groups is 1. The molecule has 7 heteroatoms. The van der Waals surface area contributed by atoms with Gasteiger partial charge in [0.1, 0.15) is 5.82 Å². The van der Waals surface area contributed by atoms with Gasteiger partial charge in [-0.05, 0) is 54.7 Å². The van der Waals surface area contributed by atoms with Gasteiger partial charge in [-0.3, -0.25) is 4.79 Å². The Bertz CT molecular complexity index is 900. The zero-order valence-electron chi connectivity index (χ0n) is 16.3. The molecular weight excluding hydrogens is 373 g/mol. The summed E-state index contributed by atoms with van der Waals surface area (Å²) >= 11 is 0. The zero-order chi connectivity index (χ0) is 20.2. The van der Waals surface area contributed by atoms with E-state index in [1.165, 1.54) is 56.9 Å². The molecule has 154 valence electrons. The number of ether oxygens (including phenoxy) is 1. The predicted molar refractivity (Wildman–Crippen MR) is 107 cm³/mol. The van der Waals surface area contributed by atoms with Gasteiger partial charge in [-0.2, -0.15) is 4.98 Å². The molecule has 0 saturated heterocycles. The Hall–Kier alpha value is -2.70. The molecule has 2 aromatic rings. The Morgan fingerprint density at radius 1 is 1.17 bits per heavy atom. The molecule has 2 unspecified atom stereocenters. The van der Waals surface area contributed by atoms with E-state index in [0.29, 0.717) is 23.6 Å². The van der Waals surface area contributed by atoms with Crippen LogP contribution in [-0.2, 0) is 4.79 Å². The highest BCUT2D eigenvalue weighted by Crippen LogP contribution is 2.42. The van der Waals surface area contributed by atoms with E-state index in [1.54, 1.807) is 12.1 Å². The van der Waals surface area contributed by atoms with Gasteiger partial charge in [0.05, 0.1) is 5.56 Å². The number of fused-ring (bicyclic) bond motifs is 2. The van der Waals surface area contributed by atoms with Crippen LogP contribution >= 0.6 is 0 Å². The van der Waals surface area contributed by atoms with E-state index in [0.717, 1.165) is 11.8 Å². The largest absolute Gasteiger partial charge is 0.467 e. The minimum atomic E-state index is -0.569. The van der Waals surface area contributed by atoms with Crippen LogP contribution in [0.5, 0.6) is 5.88 Å². The van der Waals surface area contributed by atoms with E-state index in [4.69, 9.17) is 4.74 Å². The predicted octanol–water partition coefficient (Wildman–Crippen LogP) is 3.29. The van der Waals surface area contributed by atoms with Crippen molar-refractivity contribution in [2.45, 2.75) is 38.5 Å². The second-order valence-electron chi connectivity index (χ2n) is 8.26. The van der Waals surface area contributed by atoms with Crippen LogP contribution in [0, 0.1) is 23.6 Å². The molecule has 2 saturated carbocycles. The number of hydrogen-bond acceptors (Lipinski definition) is 4. The molecule has 2 fully saturated rings. The van der Waals surface area contributed by atoms with Gasteiger partial charge in [-0.25, -0.2) is 9.18 Å². The van der Waals surface area contributed by atoms with Crippen molar-refractivity contribution in [2.24, 2.45) is 17.8 Å². The van der Waals surface area contributed by atoms with Crippen LogP contribution in [0.3, 0.4) is 0 Å². The second-order valence-corrected chi connectivity index (χ2v) is 8.26. The van der Waals surface area contributed by atoms with E-state index >= 15 is 0 Å². The monoisotopic (exact) mass is 399 g/mol. The summed E-state index contributed by atoms with van der Waals surface area (Å²) in [5.74, 6) is 1.64. The number of nitrogens with zero attached hydrogens (tertiary/aromatic N) is 1. The van der Waals surface area contributed by atoms with Crippen LogP contribution in [-0.4, -0.2) is 29.0 Å². The van der Waals surface area contributed by atoms with Gasteiger partial charge in [-0.1, -0.05) is 31.4 Å². The molecule has 0 spiro atoms. The fourth-order valence-electron chi connectivity index (χ4n) is 4.81. The van der Waals surface area contributed by atoms with Crippen molar-refractivity contribution in [3.8, 4) is 17.0 Å². The molecule has 1 aromatic carbocycles. The number of aromatic nitrogens is 2.